The Hall–Kier alpha value is -4.47. The Morgan fingerprint density at radius 3 is 2.72 bits per heavy atom. The molecule has 0 saturated carbocycles. The fourth-order valence-electron chi connectivity index (χ4n) is 4.63. The first-order valence-electron chi connectivity index (χ1n) is 11.8. The Labute approximate surface area is 207 Å². The lowest BCUT2D eigenvalue weighted by Crippen LogP contribution is -2.40. The van der Waals surface area contributed by atoms with E-state index in [-0.39, 0.29) is 11.9 Å². The number of piperidine rings is 1. The largest absolute Gasteiger partial charge is 0.465 e. The molecule has 184 valence electrons. The molecule has 4 aromatic rings. The number of aryl methyl sites for hydroxylation is 1. The summed E-state index contributed by atoms with van der Waals surface area (Å²) < 4.78 is 1.79. The van der Waals surface area contributed by atoms with Crippen LogP contribution in [0.2, 0.25) is 0 Å². The molecule has 1 saturated heterocycles. The SMILES string of the molecule is Cc1cccc(C(=O)NCc2ccc(-c3nn([C@@H]4CCCN(C(=O)O)C4)c4ncnc(N)c34)cc2)c1. The van der Waals surface area contributed by atoms with Gasteiger partial charge in [-0.2, -0.15) is 5.10 Å². The van der Waals surface area contributed by atoms with Crippen LogP contribution in [0.4, 0.5) is 10.6 Å². The Balaban J connectivity index is 1.39. The van der Waals surface area contributed by atoms with E-state index in [0.717, 1.165) is 29.5 Å². The summed E-state index contributed by atoms with van der Waals surface area (Å²) in [5.41, 5.74) is 10.9. The van der Waals surface area contributed by atoms with Crippen molar-refractivity contribution in [3.63, 3.8) is 0 Å². The summed E-state index contributed by atoms with van der Waals surface area (Å²) in [6.45, 7) is 3.20. The van der Waals surface area contributed by atoms with Gasteiger partial charge in [-0.1, -0.05) is 42.0 Å². The first-order chi connectivity index (χ1) is 17.4. The van der Waals surface area contributed by atoms with Crippen molar-refractivity contribution in [2.45, 2.75) is 32.4 Å². The highest BCUT2D eigenvalue weighted by molar-refractivity contribution is 5.98. The van der Waals surface area contributed by atoms with Crippen molar-refractivity contribution in [3.8, 4) is 11.3 Å². The molecule has 3 heterocycles. The number of aromatic nitrogens is 4. The van der Waals surface area contributed by atoms with Crippen LogP contribution in [0.5, 0.6) is 0 Å². The van der Waals surface area contributed by atoms with Gasteiger partial charge in [-0.25, -0.2) is 19.4 Å². The van der Waals surface area contributed by atoms with Gasteiger partial charge in [0.15, 0.2) is 5.65 Å². The minimum atomic E-state index is -0.935. The molecule has 0 aliphatic carbocycles. The van der Waals surface area contributed by atoms with Gasteiger partial charge in [0.25, 0.3) is 5.91 Å². The number of carbonyl (C=O) groups is 2. The highest BCUT2D eigenvalue weighted by atomic mass is 16.4. The van der Waals surface area contributed by atoms with Crippen molar-refractivity contribution in [1.82, 2.24) is 30.0 Å². The number of carbonyl (C=O) groups excluding carboxylic acids is 1. The number of amides is 2. The van der Waals surface area contributed by atoms with Crippen molar-refractivity contribution in [1.29, 1.82) is 0 Å². The van der Waals surface area contributed by atoms with Crippen LogP contribution in [0.1, 0.15) is 40.4 Å². The van der Waals surface area contributed by atoms with E-state index < -0.39 is 6.09 Å². The molecule has 36 heavy (non-hydrogen) atoms. The number of carboxylic acid groups (broad SMARTS) is 1. The van der Waals surface area contributed by atoms with E-state index >= 15 is 0 Å². The summed E-state index contributed by atoms with van der Waals surface area (Å²) in [5.74, 6) is 0.196. The molecule has 5 rings (SSSR count). The molecule has 2 aromatic carbocycles. The van der Waals surface area contributed by atoms with Gasteiger partial charge in [-0.3, -0.25) is 4.79 Å². The molecule has 2 amide bonds. The molecule has 0 bridgehead atoms. The monoisotopic (exact) mass is 485 g/mol. The number of benzene rings is 2. The van der Waals surface area contributed by atoms with Crippen LogP contribution in [0.3, 0.4) is 0 Å². The normalized spacial score (nSPS) is 15.7. The number of nitrogens with one attached hydrogen (secondary N) is 1. The van der Waals surface area contributed by atoms with Gasteiger partial charge in [-0.15, -0.1) is 0 Å². The van der Waals surface area contributed by atoms with Crippen molar-refractivity contribution in [2.24, 2.45) is 0 Å². The minimum absolute atomic E-state index is 0.125. The minimum Gasteiger partial charge on any atom is -0.465 e. The van der Waals surface area contributed by atoms with Crippen LogP contribution in [0, 0.1) is 6.92 Å². The van der Waals surface area contributed by atoms with E-state index in [2.05, 4.69) is 15.3 Å². The van der Waals surface area contributed by atoms with Crippen LogP contribution in [0.15, 0.2) is 54.9 Å². The van der Waals surface area contributed by atoms with Gasteiger partial charge in [-0.05, 0) is 37.5 Å². The quantitative estimate of drug-likeness (QED) is 0.392. The Morgan fingerprint density at radius 2 is 1.97 bits per heavy atom. The number of nitrogens with zero attached hydrogens (tertiary/aromatic N) is 5. The lowest BCUT2D eigenvalue weighted by atomic mass is 10.1. The van der Waals surface area contributed by atoms with Gasteiger partial charge in [0, 0.05) is 30.8 Å². The van der Waals surface area contributed by atoms with Gasteiger partial charge < -0.3 is 21.1 Å². The number of hydrogen-bond acceptors (Lipinski definition) is 6. The van der Waals surface area contributed by atoms with Crippen molar-refractivity contribution >= 4 is 28.9 Å². The predicted molar refractivity (Wildman–Crippen MR) is 135 cm³/mol. The Kier molecular flexibility index (Phi) is 6.24. The zero-order valence-corrected chi connectivity index (χ0v) is 19.9. The maximum atomic E-state index is 12.5. The number of anilines is 1. The molecule has 0 unspecified atom stereocenters. The number of hydrogen-bond donors (Lipinski definition) is 3. The molecule has 0 spiro atoms. The predicted octanol–water partition coefficient (Wildman–Crippen LogP) is 3.63. The zero-order valence-electron chi connectivity index (χ0n) is 19.9. The summed E-state index contributed by atoms with van der Waals surface area (Å²) in [7, 11) is 0. The van der Waals surface area contributed by atoms with E-state index in [1.807, 2.05) is 49.4 Å². The lowest BCUT2D eigenvalue weighted by Gasteiger charge is -2.30. The van der Waals surface area contributed by atoms with Crippen molar-refractivity contribution in [3.05, 3.63) is 71.5 Å². The van der Waals surface area contributed by atoms with E-state index in [4.69, 9.17) is 10.8 Å². The van der Waals surface area contributed by atoms with Crippen LogP contribution in [-0.4, -0.2) is 54.8 Å². The van der Waals surface area contributed by atoms with E-state index in [0.29, 0.717) is 47.7 Å². The van der Waals surface area contributed by atoms with E-state index in [1.54, 1.807) is 10.7 Å². The Morgan fingerprint density at radius 1 is 1.17 bits per heavy atom. The summed E-state index contributed by atoms with van der Waals surface area (Å²) in [4.78, 5) is 34.0. The molecule has 1 fully saturated rings. The second-order valence-electron chi connectivity index (χ2n) is 9.02. The molecule has 1 atom stereocenters. The topological polar surface area (TPSA) is 139 Å². The molecule has 1 aliphatic heterocycles. The highest BCUT2D eigenvalue weighted by Crippen LogP contribution is 2.33. The number of nitrogen functional groups attached to an aromatic ring is 1. The van der Waals surface area contributed by atoms with E-state index in [1.165, 1.54) is 11.2 Å². The van der Waals surface area contributed by atoms with Gasteiger partial charge >= 0.3 is 6.09 Å². The van der Waals surface area contributed by atoms with Gasteiger partial charge in [0.1, 0.15) is 17.8 Å². The number of fused-ring (bicyclic) bond motifs is 1. The number of nitrogens with two attached hydrogens (primary N) is 1. The van der Waals surface area contributed by atoms with Gasteiger partial charge in [0.2, 0.25) is 0 Å². The van der Waals surface area contributed by atoms with E-state index in [9.17, 15) is 14.7 Å². The lowest BCUT2D eigenvalue weighted by molar-refractivity contribution is 0.0950. The molecule has 10 nitrogen and oxygen atoms in total. The third-order valence-corrected chi connectivity index (χ3v) is 6.49. The molecule has 10 heteroatoms. The molecule has 0 radical (unpaired) electrons. The third-order valence-electron chi connectivity index (χ3n) is 6.49. The first-order valence-corrected chi connectivity index (χ1v) is 11.8. The summed E-state index contributed by atoms with van der Waals surface area (Å²) >= 11 is 0. The van der Waals surface area contributed by atoms with Crippen molar-refractivity contribution in [2.75, 3.05) is 18.8 Å². The molecular weight excluding hydrogens is 458 g/mol. The number of rotatable bonds is 5. The van der Waals surface area contributed by atoms with Crippen LogP contribution >= 0.6 is 0 Å². The molecule has 4 N–H and O–H groups in total. The standard InChI is InChI=1S/C26H27N7O3/c1-16-4-2-5-19(12-16)25(34)28-13-17-7-9-18(10-8-17)22-21-23(27)29-15-30-24(21)33(31-22)20-6-3-11-32(14-20)26(35)36/h2,4-5,7-10,12,15,20H,3,6,11,13-14H2,1H3,(H,28,34)(H,35,36)(H2,27,29,30)/t20-/m1/s1. The first kappa shape index (κ1) is 23.3. The fraction of sp³-hybridized carbons (Fsp3) is 0.269. The smallest absolute Gasteiger partial charge is 0.407 e. The zero-order chi connectivity index (χ0) is 25.2. The molecule has 2 aromatic heterocycles. The average Bonchev–Trinajstić information content (AvgIpc) is 3.29. The maximum Gasteiger partial charge on any atom is 0.407 e. The summed E-state index contributed by atoms with van der Waals surface area (Å²) in [5, 5.41) is 17.9. The second-order valence-corrected chi connectivity index (χ2v) is 9.02. The fourth-order valence-corrected chi connectivity index (χ4v) is 4.63. The summed E-state index contributed by atoms with van der Waals surface area (Å²) in [6, 6.07) is 15.0. The van der Waals surface area contributed by atoms with Crippen molar-refractivity contribution < 1.29 is 14.7 Å². The second kappa shape index (κ2) is 9.65. The van der Waals surface area contributed by atoms with Gasteiger partial charge in [0.05, 0.1) is 11.4 Å². The average molecular weight is 486 g/mol. The molecular formula is C26H27N7O3. The van der Waals surface area contributed by atoms with Crippen LogP contribution < -0.4 is 11.1 Å². The Bertz CT molecular complexity index is 1430. The summed E-state index contributed by atoms with van der Waals surface area (Å²) in [6.07, 6.45) is 2.01. The third kappa shape index (κ3) is 4.57. The maximum absolute atomic E-state index is 12.5. The molecule has 1 aliphatic rings. The number of likely N-dealkylation sites (tertiary alicyclic amines) is 1. The van der Waals surface area contributed by atoms with Crippen LogP contribution in [0.25, 0.3) is 22.3 Å². The highest BCUT2D eigenvalue weighted by Gasteiger charge is 2.28. The van der Waals surface area contributed by atoms with Crippen LogP contribution in [-0.2, 0) is 6.54 Å².